The fourth-order valence-electron chi connectivity index (χ4n) is 1.53. The van der Waals surface area contributed by atoms with E-state index in [2.05, 4.69) is 10.3 Å². The van der Waals surface area contributed by atoms with Gasteiger partial charge in [0.2, 0.25) is 5.91 Å². The molecule has 0 atom stereocenters. The van der Waals surface area contributed by atoms with Crippen molar-refractivity contribution in [1.29, 1.82) is 0 Å². The van der Waals surface area contributed by atoms with Crippen molar-refractivity contribution in [2.24, 2.45) is 16.5 Å². The third-order valence-corrected chi connectivity index (χ3v) is 2.48. The van der Waals surface area contributed by atoms with E-state index in [1.54, 1.807) is 13.2 Å². The molecule has 0 aliphatic carbocycles. The number of aliphatic imine (C=N–C) groups is 1. The summed E-state index contributed by atoms with van der Waals surface area (Å²) in [6.07, 6.45) is 3.87. The molecule has 5 N–H and O–H groups in total. The van der Waals surface area contributed by atoms with E-state index in [1.165, 1.54) is 6.08 Å². The van der Waals surface area contributed by atoms with Crippen LogP contribution in [-0.2, 0) is 4.79 Å². The summed E-state index contributed by atoms with van der Waals surface area (Å²) in [7, 11) is 1.59. The highest BCUT2D eigenvalue weighted by Crippen LogP contribution is 2.18. The number of amides is 1. The molecule has 1 rings (SSSR count). The van der Waals surface area contributed by atoms with Gasteiger partial charge in [-0.2, -0.15) is 0 Å². The lowest BCUT2D eigenvalue weighted by Crippen LogP contribution is -2.25. The first-order valence-corrected chi connectivity index (χ1v) is 6.28. The van der Waals surface area contributed by atoms with E-state index >= 15 is 0 Å². The molecule has 0 heterocycles. The predicted octanol–water partition coefficient (Wildman–Crippen LogP) is 0.488. The minimum atomic E-state index is -0.166. The number of guanidine groups is 1. The van der Waals surface area contributed by atoms with Crippen LogP contribution in [0, 0.1) is 0 Å². The zero-order valence-corrected chi connectivity index (χ0v) is 11.5. The molecule has 6 heteroatoms. The van der Waals surface area contributed by atoms with Crippen molar-refractivity contribution in [3.8, 4) is 5.75 Å². The largest absolute Gasteiger partial charge is 0.496 e. The third-order valence-electron chi connectivity index (χ3n) is 2.48. The summed E-state index contributed by atoms with van der Waals surface area (Å²) in [4.78, 5) is 15.4. The molecule has 0 fully saturated rings. The van der Waals surface area contributed by atoms with Gasteiger partial charge in [-0.1, -0.05) is 18.2 Å². The van der Waals surface area contributed by atoms with Crippen molar-refractivity contribution < 1.29 is 9.53 Å². The van der Waals surface area contributed by atoms with Crippen molar-refractivity contribution >= 4 is 17.9 Å². The quantitative estimate of drug-likeness (QED) is 0.292. The van der Waals surface area contributed by atoms with Gasteiger partial charge in [0.15, 0.2) is 5.96 Å². The average Bonchev–Trinajstić information content (AvgIpc) is 2.44. The van der Waals surface area contributed by atoms with Crippen LogP contribution in [0.4, 0.5) is 0 Å². The maximum Gasteiger partial charge on any atom is 0.244 e. The highest BCUT2D eigenvalue weighted by molar-refractivity contribution is 5.92. The van der Waals surface area contributed by atoms with Crippen molar-refractivity contribution in [2.75, 3.05) is 20.2 Å². The maximum absolute atomic E-state index is 11.6. The summed E-state index contributed by atoms with van der Waals surface area (Å²) in [5.74, 6) is 0.623. The Morgan fingerprint density at radius 2 is 2.15 bits per heavy atom. The molecule has 0 spiro atoms. The topological polar surface area (TPSA) is 103 Å². The fraction of sp³-hybridized carbons (Fsp3) is 0.286. The van der Waals surface area contributed by atoms with Gasteiger partial charge in [-0.15, -0.1) is 0 Å². The number of para-hydroxylation sites is 1. The second kappa shape index (κ2) is 8.58. The molecular formula is C14H20N4O2. The van der Waals surface area contributed by atoms with E-state index in [9.17, 15) is 4.79 Å². The molecule has 108 valence electrons. The van der Waals surface area contributed by atoms with Gasteiger partial charge in [-0.05, 0) is 18.6 Å². The Morgan fingerprint density at radius 3 is 2.85 bits per heavy atom. The Morgan fingerprint density at radius 1 is 1.40 bits per heavy atom. The van der Waals surface area contributed by atoms with Crippen LogP contribution in [0.2, 0.25) is 0 Å². The van der Waals surface area contributed by atoms with E-state index in [0.29, 0.717) is 19.5 Å². The molecule has 1 aromatic carbocycles. The second-order valence-electron chi connectivity index (χ2n) is 4.03. The molecule has 1 amide bonds. The van der Waals surface area contributed by atoms with E-state index in [-0.39, 0.29) is 11.9 Å². The number of nitrogens with zero attached hydrogens (tertiary/aromatic N) is 1. The molecule has 6 nitrogen and oxygen atoms in total. The highest BCUT2D eigenvalue weighted by atomic mass is 16.5. The van der Waals surface area contributed by atoms with E-state index in [0.717, 1.165) is 11.3 Å². The number of hydrogen-bond donors (Lipinski definition) is 3. The third kappa shape index (κ3) is 5.90. The molecule has 0 aliphatic rings. The fourth-order valence-corrected chi connectivity index (χ4v) is 1.53. The van der Waals surface area contributed by atoms with Crippen LogP contribution in [0.15, 0.2) is 35.3 Å². The van der Waals surface area contributed by atoms with Crippen LogP contribution in [0.25, 0.3) is 6.08 Å². The minimum absolute atomic E-state index is 0.0624. The summed E-state index contributed by atoms with van der Waals surface area (Å²) < 4.78 is 5.19. The zero-order chi connectivity index (χ0) is 14.8. The summed E-state index contributed by atoms with van der Waals surface area (Å²) >= 11 is 0. The number of methoxy groups -OCH3 is 1. The van der Waals surface area contributed by atoms with Crippen LogP contribution >= 0.6 is 0 Å². The zero-order valence-electron chi connectivity index (χ0n) is 11.5. The molecule has 0 aliphatic heterocycles. The van der Waals surface area contributed by atoms with E-state index < -0.39 is 0 Å². The molecule has 0 saturated heterocycles. The number of nitrogens with two attached hydrogens (primary N) is 2. The Labute approximate surface area is 118 Å². The summed E-state index contributed by atoms with van der Waals surface area (Å²) in [5, 5.41) is 2.75. The maximum atomic E-state index is 11.6. The number of benzene rings is 1. The molecular weight excluding hydrogens is 256 g/mol. The van der Waals surface area contributed by atoms with Crippen LogP contribution in [0.3, 0.4) is 0 Å². The van der Waals surface area contributed by atoms with Crippen molar-refractivity contribution in [2.45, 2.75) is 6.42 Å². The summed E-state index contributed by atoms with van der Waals surface area (Å²) in [6.45, 7) is 1.02. The van der Waals surface area contributed by atoms with Crippen LogP contribution < -0.4 is 21.5 Å². The smallest absolute Gasteiger partial charge is 0.244 e. The van der Waals surface area contributed by atoms with E-state index in [1.807, 2.05) is 24.3 Å². The van der Waals surface area contributed by atoms with Crippen LogP contribution in [-0.4, -0.2) is 32.1 Å². The SMILES string of the molecule is COc1ccccc1C=CC(=O)NCCCN=C(N)N. The molecule has 0 aromatic heterocycles. The molecule has 0 unspecified atom stereocenters. The molecule has 0 radical (unpaired) electrons. The average molecular weight is 276 g/mol. The van der Waals surface area contributed by atoms with E-state index in [4.69, 9.17) is 16.2 Å². The molecule has 20 heavy (non-hydrogen) atoms. The summed E-state index contributed by atoms with van der Waals surface area (Å²) in [5.41, 5.74) is 11.2. The van der Waals surface area contributed by atoms with Gasteiger partial charge in [0.1, 0.15) is 5.75 Å². The number of carbonyl (C=O) groups is 1. The standard InChI is InChI=1S/C14H20N4O2/c1-20-12-6-3-2-5-11(12)7-8-13(19)17-9-4-10-18-14(15)16/h2-3,5-8H,4,9-10H2,1H3,(H,17,19)(H4,15,16,18). The monoisotopic (exact) mass is 276 g/mol. The first kappa shape index (κ1) is 15.6. The second-order valence-corrected chi connectivity index (χ2v) is 4.03. The van der Waals surface area contributed by atoms with Gasteiger partial charge >= 0.3 is 0 Å². The number of rotatable bonds is 7. The lowest BCUT2D eigenvalue weighted by molar-refractivity contribution is -0.116. The Balaban J connectivity index is 2.38. The number of carbonyl (C=O) groups excluding carboxylic acids is 1. The van der Waals surface area contributed by atoms with Crippen molar-refractivity contribution in [3.05, 3.63) is 35.9 Å². The predicted molar refractivity (Wildman–Crippen MR) is 80.3 cm³/mol. The number of hydrogen-bond acceptors (Lipinski definition) is 3. The van der Waals surface area contributed by atoms with Gasteiger partial charge in [0, 0.05) is 24.7 Å². The highest BCUT2D eigenvalue weighted by Gasteiger charge is 1.99. The van der Waals surface area contributed by atoms with Gasteiger partial charge in [-0.3, -0.25) is 9.79 Å². The lowest BCUT2D eigenvalue weighted by atomic mass is 10.2. The number of ether oxygens (including phenoxy) is 1. The molecule has 1 aromatic rings. The van der Waals surface area contributed by atoms with Gasteiger partial charge in [0.05, 0.1) is 7.11 Å². The Bertz CT molecular complexity index is 494. The lowest BCUT2D eigenvalue weighted by Gasteiger charge is -2.03. The molecule has 0 bridgehead atoms. The van der Waals surface area contributed by atoms with Gasteiger partial charge in [0.25, 0.3) is 0 Å². The van der Waals surface area contributed by atoms with Crippen molar-refractivity contribution in [1.82, 2.24) is 5.32 Å². The Hall–Kier alpha value is -2.50. The normalized spacial score (nSPS) is 10.2. The van der Waals surface area contributed by atoms with Crippen LogP contribution in [0.1, 0.15) is 12.0 Å². The first-order chi connectivity index (χ1) is 9.63. The Kier molecular flexibility index (Phi) is 6.67. The minimum Gasteiger partial charge on any atom is -0.496 e. The van der Waals surface area contributed by atoms with Crippen LogP contribution in [0.5, 0.6) is 5.75 Å². The number of nitrogens with one attached hydrogen (secondary N) is 1. The van der Waals surface area contributed by atoms with Crippen molar-refractivity contribution in [3.63, 3.8) is 0 Å². The molecule has 0 saturated carbocycles. The van der Waals surface area contributed by atoms with Gasteiger partial charge in [-0.25, -0.2) is 0 Å². The summed E-state index contributed by atoms with van der Waals surface area (Å²) in [6, 6.07) is 7.48. The van der Waals surface area contributed by atoms with Gasteiger partial charge < -0.3 is 21.5 Å². The first-order valence-electron chi connectivity index (χ1n) is 6.28.